The van der Waals surface area contributed by atoms with Crippen molar-refractivity contribution in [2.24, 2.45) is 0 Å². The highest BCUT2D eigenvalue weighted by Crippen LogP contribution is 2.32. The summed E-state index contributed by atoms with van der Waals surface area (Å²) in [6, 6.07) is 0.658. The first-order chi connectivity index (χ1) is 8.28. The molecule has 0 unspecified atom stereocenters. The van der Waals surface area contributed by atoms with E-state index in [1.54, 1.807) is 0 Å². The lowest BCUT2D eigenvalue weighted by atomic mass is 10.2. The van der Waals surface area contributed by atoms with Gasteiger partial charge in [0.15, 0.2) is 12.0 Å². The zero-order valence-electron chi connectivity index (χ0n) is 8.47. The number of aldehydes is 1. The summed E-state index contributed by atoms with van der Waals surface area (Å²) in [7, 11) is 0. The van der Waals surface area contributed by atoms with Crippen LogP contribution in [0.2, 0.25) is 0 Å². The van der Waals surface area contributed by atoms with E-state index in [-0.39, 0.29) is 11.8 Å². The molecule has 0 N–H and O–H groups in total. The van der Waals surface area contributed by atoms with Crippen LogP contribution in [-0.4, -0.2) is 17.6 Å². The van der Waals surface area contributed by atoms with Gasteiger partial charge in [0.25, 0.3) is 6.43 Å². The maximum Gasteiger partial charge on any atom is 0.573 e. The number of halogens is 6. The van der Waals surface area contributed by atoms with Crippen LogP contribution in [0, 0.1) is 0 Å². The lowest BCUT2D eigenvalue weighted by molar-refractivity contribution is -0.275. The Kier molecular flexibility index (Phi) is 4.44. The van der Waals surface area contributed by atoms with Crippen molar-refractivity contribution in [1.29, 1.82) is 0 Å². The molecule has 0 saturated heterocycles. The maximum absolute atomic E-state index is 12.4. The lowest BCUT2D eigenvalue weighted by Gasteiger charge is -2.14. The van der Waals surface area contributed by atoms with Crippen LogP contribution in [0.1, 0.15) is 28.2 Å². The van der Waals surface area contributed by atoms with Gasteiger partial charge in [-0.15, -0.1) is 24.8 Å². The molecule has 0 aliphatic carbocycles. The number of ether oxygens (including phenoxy) is 1. The molecule has 0 bridgehead atoms. The molecular weight excluding hydrogens is 285 g/mol. The molecule has 3 nitrogen and oxygen atoms in total. The van der Waals surface area contributed by atoms with Crippen molar-refractivity contribution in [3.8, 4) is 5.75 Å². The molecule has 0 amide bonds. The van der Waals surface area contributed by atoms with Gasteiger partial charge in [-0.05, 0) is 6.07 Å². The summed E-state index contributed by atoms with van der Waals surface area (Å²) >= 11 is 5.33. The number of rotatable bonds is 4. The number of hydrogen-bond acceptors (Lipinski definition) is 3. The third-order valence-corrected chi connectivity index (χ3v) is 2.08. The second kappa shape index (κ2) is 5.47. The van der Waals surface area contributed by atoms with Crippen LogP contribution in [0.4, 0.5) is 22.0 Å². The first-order valence-electron chi connectivity index (χ1n) is 4.37. The Balaban J connectivity index is 3.35. The molecule has 0 radical (unpaired) electrons. The van der Waals surface area contributed by atoms with Crippen molar-refractivity contribution in [2.75, 3.05) is 0 Å². The fourth-order valence-electron chi connectivity index (χ4n) is 1.16. The Bertz CT molecular complexity index is 449. The second-order valence-corrected chi connectivity index (χ2v) is 3.29. The van der Waals surface area contributed by atoms with E-state index in [9.17, 15) is 26.7 Å². The number of pyridine rings is 1. The van der Waals surface area contributed by atoms with E-state index >= 15 is 0 Å². The van der Waals surface area contributed by atoms with Gasteiger partial charge in [-0.25, -0.2) is 13.8 Å². The molecule has 1 aromatic rings. The Labute approximate surface area is 103 Å². The monoisotopic (exact) mass is 289 g/mol. The molecule has 0 fully saturated rings. The molecule has 1 heterocycles. The Morgan fingerprint density at radius 2 is 2.06 bits per heavy atom. The first kappa shape index (κ1) is 14.6. The van der Waals surface area contributed by atoms with Crippen molar-refractivity contribution in [1.82, 2.24) is 4.98 Å². The van der Waals surface area contributed by atoms with E-state index in [0.29, 0.717) is 6.07 Å². The molecule has 100 valence electrons. The first-order valence-corrected chi connectivity index (χ1v) is 4.90. The van der Waals surface area contributed by atoms with Gasteiger partial charge in [0, 0.05) is 5.56 Å². The van der Waals surface area contributed by atoms with E-state index in [4.69, 9.17) is 11.6 Å². The molecule has 0 atom stereocenters. The summed E-state index contributed by atoms with van der Waals surface area (Å²) in [6.07, 6.45) is -8.22. The number of alkyl halides is 6. The molecule has 1 aromatic heterocycles. The number of carbonyl (C=O) groups is 1. The highest BCUT2D eigenvalue weighted by Gasteiger charge is 2.34. The van der Waals surface area contributed by atoms with Gasteiger partial charge in [-0.2, -0.15) is 0 Å². The van der Waals surface area contributed by atoms with Crippen molar-refractivity contribution >= 4 is 17.9 Å². The van der Waals surface area contributed by atoms with Gasteiger partial charge in [0.1, 0.15) is 11.4 Å². The third kappa shape index (κ3) is 3.52. The fourth-order valence-corrected chi connectivity index (χ4v) is 1.35. The van der Waals surface area contributed by atoms with Gasteiger partial charge >= 0.3 is 6.36 Å². The van der Waals surface area contributed by atoms with E-state index in [2.05, 4.69) is 9.72 Å². The normalized spacial score (nSPS) is 11.7. The minimum atomic E-state index is -5.08. The number of nitrogens with zero attached hydrogens (tertiary/aromatic N) is 1. The smallest absolute Gasteiger partial charge is 0.403 e. The highest BCUT2D eigenvalue weighted by molar-refractivity contribution is 6.17. The van der Waals surface area contributed by atoms with Gasteiger partial charge in [0.05, 0.1) is 5.88 Å². The average Bonchev–Trinajstić information content (AvgIpc) is 2.26. The van der Waals surface area contributed by atoms with Crippen molar-refractivity contribution < 1.29 is 31.5 Å². The topological polar surface area (TPSA) is 39.2 Å². The van der Waals surface area contributed by atoms with E-state index in [1.165, 1.54) is 0 Å². The summed E-state index contributed by atoms with van der Waals surface area (Å²) in [5, 5.41) is 0. The Morgan fingerprint density at radius 1 is 1.44 bits per heavy atom. The predicted molar refractivity (Wildman–Crippen MR) is 50.8 cm³/mol. The number of hydrogen-bond donors (Lipinski definition) is 0. The van der Waals surface area contributed by atoms with E-state index < -0.39 is 35.8 Å². The minimum absolute atomic E-state index is 0.108. The van der Waals surface area contributed by atoms with Crippen molar-refractivity contribution in [2.45, 2.75) is 18.7 Å². The van der Waals surface area contributed by atoms with Crippen LogP contribution in [0.3, 0.4) is 0 Å². The number of carbonyl (C=O) groups excluding carboxylic acids is 1. The van der Waals surface area contributed by atoms with E-state index in [1.807, 2.05) is 0 Å². The molecule has 0 aliphatic rings. The largest absolute Gasteiger partial charge is 0.573 e. The van der Waals surface area contributed by atoms with Gasteiger partial charge in [0.2, 0.25) is 0 Å². The molecule has 0 spiro atoms. The third-order valence-electron chi connectivity index (χ3n) is 1.79. The molecule has 18 heavy (non-hydrogen) atoms. The summed E-state index contributed by atoms with van der Waals surface area (Å²) in [6.45, 7) is 0. The van der Waals surface area contributed by atoms with E-state index in [0.717, 1.165) is 0 Å². The summed E-state index contributed by atoms with van der Waals surface area (Å²) in [4.78, 5) is 13.6. The van der Waals surface area contributed by atoms with Crippen LogP contribution < -0.4 is 4.74 Å². The standard InChI is InChI=1S/C9H5ClF5NO2/c10-2-4-1-5(8(11)12)16-6(3-17)7(4)18-9(13,14)15/h1,3,8H,2H2. The molecule has 9 heteroatoms. The van der Waals surface area contributed by atoms with Gasteiger partial charge < -0.3 is 4.74 Å². The molecule has 0 aromatic carbocycles. The summed E-state index contributed by atoms with van der Waals surface area (Å²) in [5.74, 6) is -1.49. The minimum Gasteiger partial charge on any atom is -0.403 e. The molecule has 0 saturated carbocycles. The predicted octanol–water partition coefficient (Wildman–Crippen LogP) is 3.47. The molecule has 0 aliphatic heterocycles. The highest BCUT2D eigenvalue weighted by atomic mass is 35.5. The lowest BCUT2D eigenvalue weighted by Crippen LogP contribution is -2.20. The summed E-state index contributed by atoms with van der Waals surface area (Å²) < 4.78 is 64.6. The quantitative estimate of drug-likeness (QED) is 0.484. The van der Waals surface area contributed by atoms with Crippen LogP contribution in [0.15, 0.2) is 6.07 Å². The average molecular weight is 290 g/mol. The Morgan fingerprint density at radius 3 is 2.44 bits per heavy atom. The zero-order valence-corrected chi connectivity index (χ0v) is 9.23. The Hall–Kier alpha value is -1.44. The molecule has 1 rings (SSSR count). The van der Waals surface area contributed by atoms with Crippen molar-refractivity contribution in [3.05, 3.63) is 23.0 Å². The van der Waals surface area contributed by atoms with Crippen LogP contribution in [-0.2, 0) is 5.88 Å². The summed E-state index contributed by atoms with van der Waals surface area (Å²) in [5.41, 5.74) is -2.11. The van der Waals surface area contributed by atoms with Gasteiger partial charge in [-0.3, -0.25) is 4.79 Å². The van der Waals surface area contributed by atoms with Crippen LogP contribution in [0.25, 0.3) is 0 Å². The maximum atomic E-state index is 12.4. The zero-order chi connectivity index (χ0) is 13.9. The second-order valence-electron chi connectivity index (χ2n) is 3.02. The number of aromatic nitrogens is 1. The van der Waals surface area contributed by atoms with Crippen molar-refractivity contribution in [3.63, 3.8) is 0 Å². The SMILES string of the molecule is O=Cc1nc(C(F)F)cc(CCl)c1OC(F)(F)F. The molecular formula is C9H5ClF5NO2. The van der Waals surface area contributed by atoms with Crippen LogP contribution in [0.5, 0.6) is 5.75 Å². The van der Waals surface area contributed by atoms with Gasteiger partial charge in [-0.1, -0.05) is 0 Å². The fraction of sp³-hybridized carbons (Fsp3) is 0.333. The van der Waals surface area contributed by atoms with Crippen LogP contribution >= 0.6 is 11.6 Å².